The predicted octanol–water partition coefficient (Wildman–Crippen LogP) is 2.52. The molecule has 0 aliphatic heterocycles. The molecule has 6 heteroatoms. The third-order valence-electron chi connectivity index (χ3n) is 2.83. The van der Waals surface area contributed by atoms with Gasteiger partial charge < -0.3 is 15.8 Å². The van der Waals surface area contributed by atoms with Crippen LogP contribution >= 0.6 is 11.8 Å². The van der Waals surface area contributed by atoms with Crippen LogP contribution in [0.25, 0.3) is 0 Å². The Kier molecular flexibility index (Phi) is 5.43. The number of anilines is 1. The van der Waals surface area contributed by atoms with E-state index in [9.17, 15) is 9.59 Å². The van der Waals surface area contributed by atoms with Gasteiger partial charge in [0.15, 0.2) is 0 Å². The fourth-order valence-electron chi connectivity index (χ4n) is 1.76. The molecule has 114 valence electrons. The second kappa shape index (κ2) is 7.51. The smallest absolute Gasteiger partial charge is 0.255 e. The van der Waals surface area contributed by atoms with Crippen molar-refractivity contribution in [3.63, 3.8) is 0 Å². The van der Waals surface area contributed by atoms with E-state index in [2.05, 4.69) is 5.32 Å². The van der Waals surface area contributed by atoms with Gasteiger partial charge >= 0.3 is 0 Å². The average molecular weight is 316 g/mol. The number of rotatable bonds is 6. The van der Waals surface area contributed by atoms with Gasteiger partial charge in [-0.05, 0) is 42.5 Å². The SMILES string of the molecule is COc1ccc(C(=O)Nc2cccc(SCC(N)=O)c2)cc1. The highest BCUT2D eigenvalue weighted by atomic mass is 32.2. The van der Waals surface area contributed by atoms with Crippen LogP contribution in [0.15, 0.2) is 53.4 Å². The molecule has 0 fully saturated rings. The lowest BCUT2D eigenvalue weighted by Gasteiger charge is -2.07. The van der Waals surface area contributed by atoms with Crippen LogP contribution in [-0.4, -0.2) is 24.7 Å². The van der Waals surface area contributed by atoms with Gasteiger partial charge in [0.2, 0.25) is 5.91 Å². The molecule has 2 rings (SSSR count). The van der Waals surface area contributed by atoms with E-state index in [0.717, 1.165) is 4.90 Å². The number of hydrogen-bond donors (Lipinski definition) is 2. The number of nitrogens with two attached hydrogens (primary N) is 1. The van der Waals surface area contributed by atoms with Crippen LogP contribution < -0.4 is 15.8 Å². The van der Waals surface area contributed by atoms with Crippen molar-refractivity contribution in [2.45, 2.75) is 4.90 Å². The number of carbonyl (C=O) groups excluding carboxylic acids is 2. The number of methoxy groups -OCH3 is 1. The van der Waals surface area contributed by atoms with Crippen LogP contribution in [0.2, 0.25) is 0 Å². The lowest BCUT2D eigenvalue weighted by molar-refractivity contribution is -0.115. The zero-order chi connectivity index (χ0) is 15.9. The molecule has 0 radical (unpaired) electrons. The van der Waals surface area contributed by atoms with Crippen molar-refractivity contribution in [2.24, 2.45) is 5.73 Å². The lowest BCUT2D eigenvalue weighted by Crippen LogP contribution is -2.13. The van der Waals surface area contributed by atoms with Crippen LogP contribution in [-0.2, 0) is 4.79 Å². The van der Waals surface area contributed by atoms with Crippen LogP contribution in [0.1, 0.15) is 10.4 Å². The molecule has 22 heavy (non-hydrogen) atoms. The Morgan fingerprint density at radius 3 is 2.55 bits per heavy atom. The van der Waals surface area contributed by atoms with E-state index in [4.69, 9.17) is 10.5 Å². The fourth-order valence-corrected chi connectivity index (χ4v) is 2.46. The molecule has 0 unspecified atom stereocenters. The molecule has 2 amide bonds. The Hall–Kier alpha value is -2.47. The zero-order valence-corrected chi connectivity index (χ0v) is 12.9. The second-order valence-electron chi connectivity index (χ2n) is 4.47. The first-order chi connectivity index (χ1) is 10.6. The van der Waals surface area contributed by atoms with Crippen LogP contribution in [0.3, 0.4) is 0 Å². The summed E-state index contributed by atoms with van der Waals surface area (Å²) in [4.78, 5) is 23.8. The molecule has 0 saturated heterocycles. The van der Waals surface area contributed by atoms with E-state index < -0.39 is 0 Å². The molecule has 0 aliphatic rings. The summed E-state index contributed by atoms with van der Waals surface area (Å²) in [6.07, 6.45) is 0. The Morgan fingerprint density at radius 1 is 1.18 bits per heavy atom. The number of benzene rings is 2. The summed E-state index contributed by atoms with van der Waals surface area (Å²) >= 11 is 1.33. The number of thioether (sulfide) groups is 1. The number of nitrogens with one attached hydrogen (secondary N) is 1. The molecule has 0 heterocycles. The summed E-state index contributed by atoms with van der Waals surface area (Å²) in [6, 6.07) is 14.1. The fraction of sp³-hybridized carbons (Fsp3) is 0.125. The van der Waals surface area contributed by atoms with E-state index in [1.54, 1.807) is 43.5 Å². The van der Waals surface area contributed by atoms with Gasteiger partial charge in [0.25, 0.3) is 5.91 Å². The summed E-state index contributed by atoms with van der Waals surface area (Å²) in [5.41, 5.74) is 6.32. The highest BCUT2D eigenvalue weighted by molar-refractivity contribution is 8.00. The number of amides is 2. The first kappa shape index (κ1) is 15.9. The maximum atomic E-state index is 12.2. The molecule has 0 spiro atoms. The monoisotopic (exact) mass is 316 g/mol. The topological polar surface area (TPSA) is 81.4 Å². The first-order valence-electron chi connectivity index (χ1n) is 6.55. The highest BCUT2D eigenvalue weighted by Gasteiger charge is 2.07. The van der Waals surface area contributed by atoms with Crippen molar-refractivity contribution in [1.82, 2.24) is 0 Å². The van der Waals surface area contributed by atoms with Crippen molar-refractivity contribution in [1.29, 1.82) is 0 Å². The Morgan fingerprint density at radius 2 is 1.91 bits per heavy atom. The largest absolute Gasteiger partial charge is 0.497 e. The highest BCUT2D eigenvalue weighted by Crippen LogP contribution is 2.22. The Labute approximate surface area is 132 Å². The van der Waals surface area contributed by atoms with Gasteiger partial charge in [0.1, 0.15) is 5.75 Å². The van der Waals surface area contributed by atoms with Gasteiger partial charge in [-0.25, -0.2) is 0 Å². The van der Waals surface area contributed by atoms with Crippen LogP contribution in [0.4, 0.5) is 5.69 Å². The minimum absolute atomic E-state index is 0.204. The quantitative estimate of drug-likeness (QED) is 0.802. The molecular formula is C16H16N2O3S. The summed E-state index contributed by atoms with van der Waals surface area (Å²) < 4.78 is 5.06. The third-order valence-corrected chi connectivity index (χ3v) is 3.84. The van der Waals surface area contributed by atoms with Crippen molar-refractivity contribution in [3.05, 3.63) is 54.1 Å². The molecule has 0 aromatic heterocycles. The number of hydrogen-bond acceptors (Lipinski definition) is 4. The summed E-state index contributed by atoms with van der Waals surface area (Å²) in [5.74, 6) is 0.314. The van der Waals surface area contributed by atoms with Crippen molar-refractivity contribution in [2.75, 3.05) is 18.2 Å². The maximum Gasteiger partial charge on any atom is 0.255 e. The molecule has 0 saturated carbocycles. The molecule has 5 nitrogen and oxygen atoms in total. The minimum Gasteiger partial charge on any atom is -0.497 e. The normalized spacial score (nSPS) is 10.0. The summed E-state index contributed by atoms with van der Waals surface area (Å²) in [6.45, 7) is 0. The maximum absolute atomic E-state index is 12.2. The van der Waals surface area contributed by atoms with E-state index >= 15 is 0 Å². The third kappa shape index (κ3) is 4.53. The van der Waals surface area contributed by atoms with Gasteiger partial charge in [-0.1, -0.05) is 6.07 Å². The van der Waals surface area contributed by atoms with E-state index in [1.165, 1.54) is 11.8 Å². The molecular weight excluding hydrogens is 300 g/mol. The molecule has 0 atom stereocenters. The number of primary amides is 1. The van der Waals surface area contributed by atoms with Gasteiger partial charge in [0, 0.05) is 16.1 Å². The molecule has 0 bridgehead atoms. The minimum atomic E-state index is -0.377. The Balaban J connectivity index is 2.04. The van der Waals surface area contributed by atoms with Crippen LogP contribution in [0, 0.1) is 0 Å². The van der Waals surface area contributed by atoms with Crippen LogP contribution in [0.5, 0.6) is 5.75 Å². The van der Waals surface area contributed by atoms with Crippen molar-refractivity contribution >= 4 is 29.3 Å². The van der Waals surface area contributed by atoms with Gasteiger partial charge in [0.05, 0.1) is 12.9 Å². The molecule has 2 aromatic rings. The molecule has 2 aromatic carbocycles. The average Bonchev–Trinajstić information content (AvgIpc) is 2.53. The predicted molar refractivity (Wildman–Crippen MR) is 87.3 cm³/mol. The zero-order valence-electron chi connectivity index (χ0n) is 12.0. The van der Waals surface area contributed by atoms with Gasteiger partial charge in [-0.2, -0.15) is 0 Å². The van der Waals surface area contributed by atoms with E-state index in [-0.39, 0.29) is 17.6 Å². The van der Waals surface area contributed by atoms with Crippen molar-refractivity contribution < 1.29 is 14.3 Å². The lowest BCUT2D eigenvalue weighted by atomic mass is 10.2. The number of ether oxygens (including phenoxy) is 1. The first-order valence-corrected chi connectivity index (χ1v) is 7.53. The van der Waals surface area contributed by atoms with E-state index in [1.807, 2.05) is 12.1 Å². The Bertz CT molecular complexity index is 671. The standard InChI is InChI=1S/C16H16N2O3S/c1-21-13-7-5-11(6-8-13)16(20)18-12-3-2-4-14(9-12)22-10-15(17)19/h2-9H,10H2,1H3,(H2,17,19)(H,18,20). The van der Waals surface area contributed by atoms with Crippen molar-refractivity contribution in [3.8, 4) is 5.75 Å². The van der Waals surface area contributed by atoms with Gasteiger partial charge in [-0.15, -0.1) is 11.8 Å². The second-order valence-corrected chi connectivity index (χ2v) is 5.51. The molecule has 0 aliphatic carbocycles. The molecule has 3 N–H and O–H groups in total. The number of carbonyl (C=O) groups is 2. The summed E-state index contributed by atoms with van der Waals surface area (Å²) in [7, 11) is 1.57. The van der Waals surface area contributed by atoms with Gasteiger partial charge in [-0.3, -0.25) is 9.59 Å². The summed E-state index contributed by atoms with van der Waals surface area (Å²) in [5, 5.41) is 2.81. The van der Waals surface area contributed by atoms with E-state index in [0.29, 0.717) is 17.0 Å².